The van der Waals surface area contributed by atoms with Gasteiger partial charge in [0.2, 0.25) is 0 Å². The van der Waals surface area contributed by atoms with Gasteiger partial charge in [-0.1, -0.05) is 11.6 Å². The van der Waals surface area contributed by atoms with Crippen LogP contribution in [0.2, 0.25) is 5.02 Å². The van der Waals surface area contributed by atoms with Gasteiger partial charge in [-0.25, -0.2) is 4.84 Å². The van der Waals surface area contributed by atoms with Crippen LogP contribution in [0.5, 0.6) is 0 Å². The van der Waals surface area contributed by atoms with Crippen LogP contribution in [0.15, 0.2) is 24.3 Å². The fourth-order valence-electron chi connectivity index (χ4n) is 1.40. The summed E-state index contributed by atoms with van der Waals surface area (Å²) in [7, 11) is 0. The van der Waals surface area contributed by atoms with E-state index in [4.69, 9.17) is 16.4 Å². The summed E-state index contributed by atoms with van der Waals surface area (Å²) >= 11 is 5.75. The number of benzene rings is 1. The van der Waals surface area contributed by atoms with Crippen molar-refractivity contribution in [2.45, 2.75) is 20.1 Å². The lowest BCUT2D eigenvalue weighted by atomic mass is 9.92. The first kappa shape index (κ1) is 11.4. The summed E-state index contributed by atoms with van der Waals surface area (Å²) in [6.07, 6.45) is -1.13. The standard InChI is InChI=1S/C11H12ClNO3/c1-11(2)9(14)13(16-10(11)15)8-5-3-7(12)4-6-8/h3-6,10,15H,1-2H3. The SMILES string of the molecule is CC1(C)C(=O)N(c2ccc(Cl)cc2)OC1O. The van der Waals surface area contributed by atoms with Gasteiger partial charge in [0.25, 0.3) is 5.91 Å². The summed E-state index contributed by atoms with van der Waals surface area (Å²) < 4.78 is 0. The molecule has 1 fully saturated rings. The van der Waals surface area contributed by atoms with Crippen LogP contribution >= 0.6 is 11.6 Å². The van der Waals surface area contributed by atoms with E-state index in [1.165, 1.54) is 0 Å². The third-order valence-electron chi connectivity index (χ3n) is 2.62. The van der Waals surface area contributed by atoms with Gasteiger partial charge in [0.05, 0.1) is 11.1 Å². The molecule has 1 aromatic rings. The molecule has 4 nitrogen and oxygen atoms in total. The van der Waals surface area contributed by atoms with Crippen LogP contribution < -0.4 is 5.06 Å². The number of carbonyl (C=O) groups excluding carboxylic acids is 1. The summed E-state index contributed by atoms with van der Waals surface area (Å²) in [5.74, 6) is -0.276. The number of rotatable bonds is 1. The van der Waals surface area contributed by atoms with Crippen molar-refractivity contribution >= 4 is 23.2 Å². The molecule has 1 unspecified atom stereocenters. The van der Waals surface area contributed by atoms with Crippen molar-refractivity contribution in [2.75, 3.05) is 5.06 Å². The molecule has 86 valence electrons. The molecular weight excluding hydrogens is 230 g/mol. The van der Waals surface area contributed by atoms with Crippen LogP contribution in [0.1, 0.15) is 13.8 Å². The Kier molecular flexibility index (Phi) is 2.66. The molecule has 1 aromatic carbocycles. The van der Waals surface area contributed by atoms with Gasteiger partial charge in [-0.2, -0.15) is 5.06 Å². The highest BCUT2D eigenvalue weighted by molar-refractivity contribution is 6.30. The van der Waals surface area contributed by atoms with Crippen molar-refractivity contribution in [2.24, 2.45) is 5.41 Å². The van der Waals surface area contributed by atoms with Crippen LogP contribution in [-0.2, 0) is 9.63 Å². The predicted molar refractivity (Wildman–Crippen MR) is 59.8 cm³/mol. The lowest BCUT2D eigenvalue weighted by Crippen LogP contribution is -2.32. The number of hydrogen-bond acceptors (Lipinski definition) is 3. The van der Waals surface area contributed by atoms with Crippen molar-refractivity contribution in [3.8, 4) is 0 Å². The first-order valence-corrected chi connectivity index (χ1v) is 5.25. The highest BCUT2D eigenvalue weighted by atomic mass is 35.5. The number of amides is 1. The second-order valence-corrected chi connectivity index (χ2v) is 4.69. The van der Waals surface area contributed by atoms with E-state index >= 15 is 0 Å². The minimum atomic E-state index is -1.13. The van der Waals surface area contributed by atoms with Crippen LogP contribution in [0, 0.1) is 5.41 Å². The molecule has 1 aliphatic rings. The van der Waals surface area contributed by atoms with Gasteiger partial charge in [-0.05, 0) is 38.1 Å². The minimum Gasteiger partial charge on any atom is -0.365 e. The minimum absolute atomic E-state index is 0.276. The molecular formula is C11H12ClNO3. The van der Waals surface area contributed by atoms with Gasteiger partial charge in [-0.3, -0.25) is 4.79 Å². The van der Waals surface area contributed by atoms with E-state index in [0.29, 0.717) is 10.7 Å². The third kappa shape index (κ3) is 1.69. The topological polar surface area (TPSA) is 49.8 Å². The third-order valence-corrected chi connectivity index (χ3v) is 2.87. The lowest BCUT2D eigenvalue weighted by Gasteiger charge is -2.15. The zero-order chi connectivity index (χ0) is 11.9. The van der Waals surface area contributed by atoms with E-state index in [1.807, 2.05) is 0 Å². The maximum Gasteiger partial charge on any atom is 0.261 e. The predicted octanol–water partition coefficient (Wildman–Crippen LogP) is 1.96. The molecule has 0 spiro atoms. The van der Waals surface area contributed by atoms with Gasteiger partial charge in [-0.15, -0.1) is 0 Å². The Hall–Kier alpha value is -1.10. The van der Waals surface area contributed by atoms with E-state index < -0.39 is 11.7 Å². The van der Waals surface area contributed by atoms with E-state index in [1.54, 1.807) is 38.1 Å². The summed E-state index contributed by atoms with van der Waals surface area (Å²) in [6.45, 7) is 3.27. The Balaban J connectivity index is 2.31. The number of hydroxylamine groups is 1. The van der Waals surface area contributed by atoms with Gasteiger partial charge in [0, 0.05) is 5.02 Å². The summed E-state index contributed by atoms with van der Waals surface area (Å²) in [4.78, 5) is 17.0. The number of nitrogens with zero attached hydrogens (tertiary/aromatic N) is 1. The summed E-state index contributed by atoms with van der Waals surface area (Å²) in [5.41, 5.74) is -0.376. The Labute approximate surface area is 98.3 Å². The van der Waals surface area contributed by atoms with Crippen LogP contribution in [0.4, 0.5) is 5.69 Å². The Bertz CT molecular complexity index is 416. The van der Waals surface area contributed by atoms with Crippen molar-refractivity contribution in [3.63, 3.8) is 0 Å². The van der Waals surface area contributed by atoms with Gasteiger partial charge in [0.1, 0.15) is 0 Å². The highest BCUT2D eigenvalue weighted by Gasteiger charge is 2.49. The molecule has 2 rings (SSSR count). The molecule has 1 heterocycles. The maximum absolute atomic E-state index is 11.9. The molecule has 16 heavy (non-hydrogen) atoms. The summed E-state index contributed by atoms with van der Waals surface area (Å²) in [5, 5.41) is 11.3. The maximum atomic E-state index is 11.9. The van der Waals surface area contributed by atoms with E-state index in [9.17, 15) is 9.90 Å². The van der Waals surface area contributed by atoms with Gasteiger partial charge >= 0.3 is 0 Å². The Morgan fingerprint density at radius 1 is 1.38 bits per heavy atom. The average Bonchev–Trinajstić information content (AvgIpc) is 2.44. The molecule has 1 atom stereocenters. The molecule has 0 bridgehead atoms. The summed E-state index contributed by atoms with van der Waals surface area (Å²) in [6, 6.07) is 6.64. The molecule has 0 saturated carbocycles. The number of aliphatic hydroxyl groups excluding tert-OH is 1. The number of carbonyl (C=O) groups is 1. The Morgan fingerprint density at radius 3 is 2.38 bits per heavy atom. The number of hydrogen-bond donors (Lipinski definition) is 1. The largest absolute Gasteiger partial charge is 0.365 e. The van der Waals surface area contributed by atoms with Crippen molar-refractivity contribution in [1.82, 2.24) is 0 Å². The monoisotopic (exact) mass is 241 g/mol. The van der Waals surface area contributed by atoms with E-state index in [-0.39, 0.29) is 5.91 Å². The van der Waals surface area contributed by atoms with Crippen molar-refractivity contribution in [3.05, 3.63) is 29.3 Å². The average molecular weight is 242 g/mol. The number of halogens is 1. The smallest absolute Gasteiger partial charge is 0.261 e. The van der Waals surface area contributed by atoms with Crippen molar-refractivity contribution in [1.29, 1.82) is 0 Å². The quantitative estimate of drug-likeness (QED) is 0.818. The molecule has 1 amide bonds. The molecule has 1 aliphatic heterocycles. The van der Waals surface area contributed by atoms with Crippen LogP contribution in [0.3, 0.4) is 0 Å². The van der Waals surface area contributed by atoms with Crippen LogP contribution in [-0.4, -0.2) is 17.3 Å². The molecule has 0 radical (unpaired) electrons. The lowest BCUT2D eigenvalue weighted by molar-refractivity contribution is -0.129. The second kappa shape index (κ2) is 3.73. The number of aliphatic hydroxyl groups is 1. The zero-order valence-corrected chi connectivity index (χ0v) is 9.73. The second-order valence-electron chi connectivity index (χ2n) is 4.26. The first-order valence-electron chi connectivity index (χ1n) is 4.88. The molecule has 1 saturated heterocycles. The molecule has 0 aromatic heterocycles. The number of anilines is 1. The fourth-order valence-corrected chi connectivity index (χ4v) is 1.53. The van der Waals surface area contributed by atoms with Gasteiger partial charge in [0.15, 0.2) is 6.29 Å². The normalized spacial score (nSPS) is 23.9. The van der Waals surface area contributed by atoms with Crippen molar-refractivity contribution < 1.29 is 14.7 Å². The first-order chi connectivity index (χ1) is 7.43. The fraction of sp³-hybridized carbons (Fsp3) is 0.364. The highest BCUT2D eigenvalue weighted by Crippen LogP contribution is 2.35. The van der Waals surface area contributed by atoms with Crippen LogP contribution in [0.25, 0.3) is 0 Å². The van der Waals surface area contributed by atoms with E-state index in [2.05, 4.69) is 0 Å². The zero-order valence-electron chi connectivity index (χ0n) is 8.98. The Morgan fingerprint density at radius 2 is 1.94 bits per heavy atom. The molecule has 0 aliphatic carbocycles. The molecule has 5 heteroatoms. The van der Waals surface area contributed by atoms with E-state index in [0.717, 1.165) is 5.06 Å². The van der Waals surface area contributed by atoms with Gasteiger partial charge < -0.3 is 5.11 Å². The molecule has 1 N–H and O–H groups in total.